The van der Waals surface area contributed by atoms with Crippen molar-refractivity contribution in [2.75, 3.05) is 6.26 Å². The molecule has 0 aliphatic rings. The quantitative estimate of drug-likeness (QED) is 0.717. The number of aromatic nitrogens is 3. The zero-order valence-corrected chi connectivity index (χ0v) is 10.6. The van der Waals surface area contributed by atoms with E-state index in [2.05, 4.69) is 10.2 Å². The zero-order chi connectivity index (χ0) is 12.5. The predicted octanol–water partition coefficient (Wildman–Crippen LogP) is 2.85. The van der Waals surface area contributed by atoms with E-state index in [1.165, 1.54) is 4.80 Å². The van der Waals surface area contributed by atoms with Gasteiger partial charge in [0.15, 0.2) is 0 Å². The summed E-state index contributed by atoms with van der Waals surface area (Å²) in [7, 11) is 0. The largest absolute Gasteiger partial charge is 0.506 e. The lowest BCUT2D eigenvalue weighted by atomic mass is 10.3. The van der Waals surface area contributed by atoms with Gasteiger partial charge in [-0.2, -0.15) is 0 Å². The molecule has 2 aromatic carbocycles. The van der Waals surface area contributed by atoms with Crippen LogP contribution in [0.15, 0.2) is 47.4 Å². The molecule has 5 heteroatoms. The Hall–Kier alpha value is -2.01. The predicted molar refractivity (Wildman–Crippen MR) is 72.3 cm³/mol. The summed E-state index contributed by atoms with van der Waals surface area (Å²) >= 11 is 1.67. The second kappa shape index (κ2) is 4.34. The maximum atomic E-state index is 9.78. The molecule has 3 rings (SSSR count). The van der Waals surface area contributed by atoms with Gasteiger partial charge in [-0.15, -0.1) is 26.8 Å². The van der Waals surface area contributed by atoms with Crippen molar-refractivity contribution in [3.05, 3.63) is 42.5 Å². The van der Waals surface area contributed by atoms with Gasteiger partial charge in [-0.1, -0.05) is 12.1 Å². The van der Waals surface area contributed by atoms with Gasteiger partial charge in [0.2, 0.25) is 0 Å². The van der Waals surface area contributed by atoms with Gasteiger partial charge < -0.3 is 5.11 Å². The fourth-order valence-corrected chi connectivity index (χ4v) is 2.20. The number of fused-ring (bicyclic) bond motifs is 1. The third-order valence-electron chi connectivity index (χ3n) is 2.68. The number of para-hydroxylation sites is 2. The van der Waals surface area contributed by atoms with Crippen LogP contribution < -0.4 is 0 Å². The number of phenols is 1. The molecule has 0 aliphatic heterocycles. The van der Waals surface area contributed by atoms with Crippen LogP contribution in [0.4, 0.5) is 0 Å². The monoisotopic (exact) mass is 257 g/mol. The highest BCUT2D eigenvalue weighted by Gasteiger charge is 2.08. The molecule has 0 amide bonds. The van der Waals surface area contributed by atoms with E-state index in [9.17, 15) is 5.11 Å². The maximum absolute atomic E-state index is 9.78. The van der Waals surface area contributed by atoms with Gasteiger partial charge in [0.25, 0.3) is 0 Å². The minimum Gasteiger partial charge on any atom is -0.506 e. The standard InChI is InChI=1S/C13H11N3OS/c1-18-9-6-7-10-11(8-9)15-16(14-10)12-4-2-3-5-13(12)17/h2-8,17H,1H3. The average Bonchev–Trinajstić information content (AvgIpc) is 2.81. The normalized spacial score (nSPS) is 10.9. The molecule has 1 N–H and O–H groups in total. The number of rotatable bonds is 2. The van der Waals surface area contributed by atoms with Crippen molar-refractivity contribution in [2.45, 2.75) is 4.90 Å². The molecular formula is C13H11N3OS. The van der Waals surface area contributed by atoms with Gasteiger partial charge in [-0.25, -0.2) is 0 Å². The summed E-state index contributed by atoms with van der Waals surface area (Å²) in [4.78, 5) is 2.61. The summed E-state index contributed by atoms with van der Waals surface area (Å²) in [5.74, 6) is 0.169. The van der Waals surface area contributed by atoms with Gasteiger partial charge in [-0.05, 0) is 36.6 Å². The van der Waals surface area contributed by atoms with Crippen LogP contribution in [0.3, 0.4) is 0 Å². The third kappa shape index (κ3) is 1.82. The fourth-order valence-electron chi connectivity index (χ4n) is 1.76. The van der Waals surface area contributed by atoms with Crippen LogP contribution >= 0.6 is 11.8 Å². The Labute approximate surface area is 108 Å². The first-order valence-corrected chi connectivity index (χ1v) is 6.70. The molecule has 1 heterocycles. The lowest BCUT2D eigenvalue weighted by Gasteiger charge is -2.00. The molecule has 1 aromatic heterocycles. The summed E-state index contributed by atoms with van der Waals surface area (Å²) < 4.78 is 0. The van der Waals surface area contributed by atoms with Gasteiger partial charge in [0, 0.05) is 4.90 Å². The molecule has 0 saturated heterocycles. The number of nitrogens with zero attached hydrogens (tertiary/aromatic N) is 3. The summed E-state index contributed by atoms with van der Waals surface area (Å²) in [5.41, 5.74) is 2.22. The van der Waals surface area contributed by atoms with Crippen LogP contribution in [0.2, 0.25) is 0 Å². The van der Waals surface area contributed by atoms with E-state index in [1.54, 1.807) is 30.0 Å². The SMILES string of the molecule is CSc1ccc2nn(-c3ccccc3O)nc2c1. The second-order valence-electron chi connectivity index (χ2n) is 3.83. The first kappa shape index (κ1) is 11.1. The fraction of sp³-hybridized carbons (Fsp3) is 0.0769. The van der Waals surface area contributed by atoms with Crippen molar-refractivity contribution < 1.29 is 5.11 Å². The summed E-state index contributed by atoms with van der Waals surface area (Å²) in [6.07, 6.45) is 2.02. The van der Waals surface area contributed by atoms with Crippen molar-refractivity contribution >= 4 is 22.8 Å². The first-order valence-electron chi connectivity index (χ1n) is 5.47. The van der Waals surface area contributed by atoms with Crippen LogP contribution in [-0.4, -0.2) is 26.4 Å². The van der Waals surface area contributed by atoms with Gasteiger partial charge in [0.05, 0.1) is 0 Å². The topological polar surface area (TPSA) is 50.9 Å². The lowest BCUT2D eigenvalue weighted by Crippen LogP contribution is -1.98. The molecule has 0 fully saturated rings. The van der Waals surface area contributed by atoms with Crippen molar-refractivity contribution in [1.29, 1.82) is 0 Å². The number of hydrogen-bond donors (Lipinski definition) is 1. The first-order chi connectivity index (χ1) is 8.78. The van der Waals surface area contributed by atoms with Crippen LogP contribution in [0, 0.1) is 0 Å². The van der Waals surface area contributed by atoms with E-state index >= 15 is 0 Å². The molecule has 0 radical (unpaired) electrons. The van der Waals surface area contributed by atoms with Crippen molar-refractivity contribution in [2.24, 2.45) is 0 Å². The smallest absolute Gasteiger partial charge is 0.143 e. The van der Waals surface area contributed by atoms with E-state index in [0.29, 0.717) is 5.69 Å². The van der Waals surface area contributed by atoms with Gasteiger partial charge in [0.1, 0.15) is 22.5 Å². The van der Waals surface area contributed by atoms with E-state index in [1.807, 2.05) is 30.5 Å². The minimum atomic E-state index is 0.169. The molecule has 18 heavy (non-hydrogen) atoms. The van der Waals surface area contributed by atoms with Crippen molar-refractivity contribution in [3.8, 4) is 11.4 Å². The number of benzene rings is 2. The van der Waals surface area contributed by atoms with Crippen LogP contribution in [0.5, 0.6) is 5.75 Å². The maximum Gasteiger partial charge on any atom is 0.143 e. The lowest BCUT2D eigenvalue weighted by molar-refractivity contribution is 0.468. The van der Waals surface area contributed by atoms with Gasteiger partial charge >= 0.3 is 0 Å². The van der Waals surface area contributed by atoms with E-state index in [-0.39, 0.29) is 5.75 Å². The van der Waals surface area contributed by atoms with E-state index in [4.69, 9.17) is 0 Å². The van der Waals surface area contributed by atoms with E-state index in [0.717, 1.165) is 15.9 Å². The molecule has 4 nitrogen and oxygen atoms in total. The highest BCUT2D eigenvalue weighted by atomic mass is 32.2. The molecular weight excluding hydrogens is 246 g/mol. The highest BCUT2D eigenvalue weighted by molar-refractivity contribution is 7.98. The number of phenolic OH excluding ortho intramolecular Hbond substituents is 1. The second-order valence-corrected chi connectivity index (χ2v) is 4.71. The molecule has 3 aromatic rings. The Kier molecular flexibility index (Phi) is 2.68. The Balaban J connectivity index is 2.17. The minimum absolute atomic E-state index is 0.169. The zero-order valence-electron chi connectivity index (χ0n) is 9.74. The Morgan fingerprint density at radius 3 is 2.61 bits per heavy atom. The molecule has 0 aliphatic carbocycles. The Morgan fingerprint density at radius 1 is 1.06 bits per heavy atom. The molecule has 90 valence electrons. The third-order valence-corrected chi connectivity index (χ3v) is 3.41. The van der Waals surface area contributed by atoms with E-state index < -0.39 is 0 Å². The Bertz CT molecular complexity index is 708. The molecule has 0 atom stereocenters. The number of hydrogen-bond acceptors (Lipinski definition) is 4. The van der Waals surface area contributed by atoms with Crippen LogP contribution in [0.25, 0.3) is 16.7 Å². The van der Waals surface area contributed by atoms with Crippen molar-refractivity contribution in [1.82, 2.24) is 15.0 Å². The molecule has 0 spiro atoms. The van der Waals surface area contributed by atoms with Crippen LogP contribution in [-0.2, 0) is 0 Å². The summed E-state index contributed by atoms with van der Waals surface area (Å²) in [5, 5.41) is 18.5. The average molecular weight is 257 g/mol. The Morgan fingerprint density at radius 2 is 1.83 bits per heavy atom. The number of aromatic hydroxyl groups is 1. The van der Waals surface area contributed by atoms with Crippen molar-refractivity contribution in [3.63, 3.8) is 0 Å². The van der Waals surface area contributed by atoms with Gasteiger partial charge in [-0.3, -0.25) is 0 Å². The van der Waals surface area contributed by atoms with Crippen LogP contribution in [0.1, 0.15) is 0 Å². The number of thioether (sulfide) groups is 1. The molecule has 0 saturated carbocycles. The molecule has 0 unspecified atom stereocenters. The summed E-state index contributed by atoms with van der Waals surface area (Å²) in [6, 6.07) is 13.0. The summed E-state index contributed by atoms with van der Waals surface area (Å²) in [6.45, 7) is 0. The molecule has 0 bridgehead atoms. The highest BCUT2D eigenvalue weighted by Crippen LogP contribution is 2.23.